The molecular weight excluding hydrogens is 264 g/mol. The molecule has 4 rings (SSSR count). The molecule has 0 bridgehead atoms. The van der Waals surface area contributed by atoms with E-state index in [0.717, 1.165) is 11.9 Å². The smallest absolute Gasteiger partial charge is 0.242 e. The summed E-state index contributed by atoms with van der Waals surface area (Å²) in [6, 6.07) is 6.64. The number of hydrogen-bond donors (Lipinski definition) is 3. The van der Waals surface area contributed by atoms with Gasteiger partial charge in [-0.2, -0.15) is 0 Å². The number of nitrogens with two attached hydrogens (primary N) is 1. The van der Waals surface area contributed by atoms with E-state index in [1.165, 1.54) is 22.1 Å². The lowest BCUT2D eigenvalue weighted by atomic mass is 9.80. The Hall–Kier alpha value is -2.11. The third-order valence-corrected chi connectivity index (χ3v) is 4.75. The van der Waals surface area contributed by atoms with Gasteiger partial charge >= 0.3 is 0 Å². The molecule has 0 spiro atoms. The fourth-order valence-electron chi connectivity index (χ4n) is 3.72. The van der Waals surface area contributed by atoms with Crippen LogP contribution in [0.15, 0.2) is 30.5 Å². The lowest BCUT2D eigenvalue weighted by molar-refractivity contribution is -0.124. The van der Waals surface area contributed by atoms with Crippen molar-refractivity contribution in [3.63, 3.8) is 0 Å². The number of hydrogen-bond acceptors (Lipinski definition) is 3. The predicted molar refractivity (Wildman–Crippen MR) is 82.2 cm³/mol. The van der Waals surface area contributed by atoms with Crippen LogP contribution in [0.25, 0.3) is 16.5 Å². The number of nitrogens with zero attached hydrogens (tertiary/aromatic N) is 1. The second-order valence-electron chi connectivity index (χ2n) is 5.94. The minimum absolute atomic E-state index is 0.125. The summed E-state index contributed by atoms with van der Waals surface area (Å²) in [6.45, 7) is 0.701. The summed E-state index contributed by atoms with van der Waals surface area (Å²) in [5.74, 6) is 4.98. The number of likely N-dealkylation sites (N-methyl/N-ethyl adjacent to an activating group) is 1. The number of aromatic nitrogens is 1. The molecule has 1 aliphatic heterocycles. The Kier molecular flexibility index (Phi) is 2.67. The first-order chi connectivity index (χ1) is 10.2. The number of hydrazine groups is 1. The first-order valence-corrected chi connectivity index (χ1v) is 7.21. The van der Waals surface area contributed by atoms with Crippen LogP contribution in [-0.2, 0) is 11.2 Å². The number of carbonyl (C=O) groups excluding carboxylic acids is 1. The topological polar surface area (TPSA) is 74.2 Å². The molecular formula is C16H18N4O. The summed E-state index contributed by atoms with van der Waals surface area (Å²) < 4.78 is 0. The van der Waals surface area contributed by atoms with Gasteiger partial charge in [0.1, 0.15) is 0 Å². The van der Waals surface area contributed by atoms with E-state index in [0.29, 0.717) is 12.6 Å². The van der Waals surface area contributed by atoms with Crippen molar-refractivity contribution in [1.82, 2.24) is 15.3 Å². The van der Waals surface area contributed by atoms with Crippen molar-refractivity contribution in [2.24, 2.45) is 11.8 Å². The standard InChI is InChI=1S/C16H18N4O/c1-20-8-10(16(21)19-17)5-12-11-3-2-4-13-15(11)9(7-18-13)6-14(12)20/h2-5,7,10,14,18H,6,8,17H2,1H3,(H,19,21). The van der Waals surface area contributed by atoms with Crippen molar-refractivity contribution in [2.45, 2.75) is 12.5 Å². The van der Waals surface area contributed by atoms with E-state index in [1.807, 2.05) is 0 Å². The molecule has 5 nitrogen and oxygen atoms in total. The normalized spacial score (nSPS) is 24.6. The quantitative estimate of drug-likeness (QED) is 0.415. The van der Waals surface area contributed by atoms with E-state index >= 15 is 0 Å². The molecule has 5 heteroatoms. The summed E-state index contributed by atoms with van der Waals surface area (Å²) in [5.41, 5.74) is 7.28. The summed E-state index contributed by atoms with van der Waals surface area (Å²) in [5, 5.41) is 1.29. The van der Waals surface area contributed by atoms with Crippen molar-refractivity contribution >= 4 is 22.4 Å². The third kappa shape index (κ3) is 1.74. The Morgan fingerprint density at radius 3 is 3.14 bits per heavy atom. The SMILES string of the molecule is CN1CC(C(=O)NN)C=C2c3cccc4[nH]cc(c34)CC21. The fourth-order valence-corrected chi connectivity index (χ4v) is 3.72. The van der Waals surface area contributed by atoms with Gasteiger partial charge in [-0.05, 0) is 36.2 Å². The maximum absolute atomic E-state index is 11.9. The van der Waals surface area contributed by atoms with Crippen LogP contribution in [0.4, 0.5) is 0 Å². The van der Waals surface area contributed by atoms with Gasteiger partial charge in [0, 0.05) is 29.7 Å². The number of aromatic amines is 1. The van der Waals surface area contributed by atoms with Crippen LogP contribution in [0.5, 0.6) is 0 Å². The van der Waals surface area contributed by atoms with E-state index < -0.39 is 0 Å². The predicted octanol–water partition coefficient (Wildman–Crippen LogP) is 1.03. The first-order valence-electron chi connectivity index (χ1n) is 7.21. The number of carbonyl (C=O) groups is 1. The van der Waals surface area contributed by atoms with Crippen LogP contribution in [0.3, 0.4) is 0 Å². The minimum Gasteiger partial charge on any atom is -0.361 e. The van der Waals surface area contributed by atoms with Gasteiger partial charge in [0.05, 0.1) is 5.92 Å². The third-order valence-electron chi connectivity index (χ3n) is 4.75. The molecule has 0 radical (unpaired) electrons. The van der Waals surface area contributed by atoms with Crippen LogP contribution in [-0.4, -0.2) is 35.4 Å². The van der Waals surface area contributed by atoms with Crippen LogP contribution in [0.2, 0.25) is 0 Å². The highest BCUT2D eigenvalue weighted by Gasteiger charge is 2.35. The number of rotatable bonds is 1. The van der Waals surface area contributed by atoms with Crippen molar-refractivity contribution in [3.8, 4) is 0 Å². The Labute approximate surface area is 122 Å². The number of benzene rings is 1. The molecule has 2 atom stereocenters. The van der Waals surface area contributed by atoms with Crippen LogP contribution in [0, 0.1) is 5.92 Å². The maximum atomic E-state index is 11.9. The molecule has 0 saturated carbocycles. The summed E-state index contributed by atoms with van der Waals surface area (Å²) >= 11 is 0. The Balaban J connectivity index is 1.91. The molecule has 21 heavy (non-hydrogen) atoms. The van der Waals surface area contributed by atoms with Crippen molar-refractivity contribution in [1.29, 1.82) is 0 Å². The van der Waals surface area contributed by atoms with E-state index in [9.17, 15) is 4.79 Å². The number of nitrogens with one attached hydrogen (secondary N) is 2. The fraction of sp³-hybridized carbons (Fsp3) is 0.312. The maximum Gasteiger partial charge on any atom is 0.242 e. The Bertz CT molecular complexity index is 761. The minimum atomic E-state index is -0.193. The highest BCUT2D eigenvalue weighted by atomic mass is 16.2. The highest BCUT2D eigenvalue weighted by Crippen LogP contribution is 2.40. The van der Waals surface area contributed by atoms with Crippen molar-refractivity contribution in [3.05, 3.63) is 41.6 Å². The van der Waals surface area contributed by atoms with E-state index in [4.69, 9.17) is 5.84 Å². The summed E-state index contributed by atoms with van der Waals surface area (Å²) in [6.07, 6.45) is 5.19. The average molecular weight is 282 g/mol. The van der Waals surface area contributed by atoms with Crippen LogP contribution < -0.4 is 11.3 Å². The lowest BCUT2D eigenvalue weighted by Crippen LogP contribution is -2.47. The van der Waals surface area contributed by atoms with Gasteiger partial charge in [0.2, 0.25) is 5.91 Å². The number of H-pyrrole nitrogens is 1. The van der Waals surface area contributed by atoms with Crippen molar-refractivity contribution < 1.29 is 4.79 Å². The van der Waals surface area contributed by atoms with Gasteiger partial charge in [-0.25, -0.2) is 5.84 Å². The molecule has 1 amide bonds. The molecule has 2 aliphatic rings. The van der Waals surface area contributed by atoms with Gasteiger partial charge in [0.15, 0.2) is 0 Å². The zero-order valence-electron chi connectivity index (χ0n) is 11.9. The number of fused-ring (bicyclic) bond motifs is 2. The van der Waals surface area contributed by atoms with E-state index in [2.05, 4.69) is 52.8 Å². The molecule has 1 aliphatic carbocycles. The molecule has 2 heterocycles. The second kappa shape index (κ2) is 4.44. The van der Waals surface area contributed by atoms with Gasteiger partial charge in [0.25, 0.3) is 0 Å². The van der Waals surface area contributed by atoms with E-state index in [-0.39, 0.29) is 11.8 Å². The Morgan fingerprint density at radius 1 is 1.48 bits per heavy atom. The first kappa shape index (κ1) is 12.6. The summed E-state index contributed by atoms with van der Waals surface area (Å²) in [7, 11) is 2.08. The number of amides is 1. The Morgan fingerprint density at radius 2 is 2.33 bits per heavy atom. The average Bonchev–Trinajstić information content (AvgIpc) is 2.92. The van der Waals surface area contributed by atoms with Crippen molar-refractivity contribution in [2.75, 3.05) is 13.6 Å². The second-order valence-corrected chi connectivity index (χ2v) is 5.94. The molecule has 1 aromatic carbocycles. The molecule has 4 N–H and O–H groups in total. The van der Waals surface area contributed by atoms with Gasteiger partial charge in [-0.1, -0.05) is 18.2 Å². The molecule has 2 aromatic rings. The van der Waals surface area contributed by atoms with Crippen LogP contribution >= 0.6 is 0 Å². The van der Waals surface area contributed by atoms with Gasteiger partial charge in [-0.15, -0.1) is 0 Å². The highest BCUT2D eigenvalue weighted by molar-refractivity contribution is 5.99. The van der Waals surface area contributed by atoms with Gasteiger partial charge < -0.3 is 4.98 Å². The monoisotopic (exact) mass is 282 g/mol. The lowest BCUT2D eigenvalue weighted by Gasteiger charge is -2.39. The summed E-state index contributed by atoms with van der Waals surface area (Å²) in [4.78, 5) is 17.5. The molecule has 108 valence electrons. The zero-order chi connectivity index (χ0) is 14.6. The molecule has 2 unspecified atom stereocenters. The molecule has 0 fully saturated rings. The van der Waals surface area contributed by atoms with Crippen LogP contribution in [0.1, 0.15) is 11.1 Å². The van der Waals surface area contributed by atoms with E-state index in [1.54, 1.807) is 0 Å². The zero-order valence-corrected chi connectivity index (χ0v) is 11.9. The molecule has 0 saturated heterocycles. The molecule has 1 aromatic heterocycles. The largest absolute Gasteiger partial charge is 0.361 e. The van der Waals surface area contributed by atoms with Gasteiger partial charge in [-0.3, -0.25) is 15.1 Å².